The molecule has 4 rings (SSSR count). The van der Waals surface area contributed by atoms with E-state index in [-0.39, 0.29) is 18.3 Å². The van der Waals surface area contributed by atoms with E-state index in [4.69, 9.17) is 19.0 Å². The molecule has 0 atom stereocenters. The third-order valence-corrected chi connectivity index (χ3v) is 4.92. The molecule has 0 saturated heterocycles. The minimum Gasteiger partial charge on any atom is -0.490 e. The highest BCUT2D eigenvalue weighted by atomic mass is 16.5. The van der Waals surface area contributed by atoms with E-state index >= 15 is 0 Å². The van der Waals surface area contributed by atoms with Gasteiger partial charge >= 0.3 is 5.97 Å². The smallest absolute Gasteiger partial charge is 0.371 e. The summed E-state index contributed by atoms with van der Waals surface area (Å²) in [5.74, 6) is -0.325. The Kier molecular flexibility index (Phi) is 7.27. The van der Waals surface area contributed by atoms with E-state index in [9.17, 15) is 9.59 Å². The van der Waals surface area contributed by atoms with Gasteiger partial charge in [-0.15, -0.1) is 0 Å². The van der Waals surface area contributed by atoms with Gasteiger partial charge in [0, 0.05) is 12.4 Å². The van der Waals surface area contributed by atoms with E-state index in [2.05, 4.69) is 10.5 Å². The summed E-state index contributed by atoms with van der Waals surface area (Å²) in [6.45, 7) is 2.30. The molecule has 4 aromatic rings. The predicted molar refractivity (Wildman–Crippen MR) is 128 cm³/mol. The van der Waals surface area contributed by atoms with Crippen LogP contribution in [0.1, 0.15) is 39.2 Å². The number of ether oxygens (including phenoxy) is 2. The average Bonchev–Trinajstić information content (AvgIpc) is 3.56. The van der Waals surface area contributed by atoms with Gasteiger partial charge in [0.25, 0.3) is 5.91 Å². The van der Waals surface area contributed by atoms with Crippen molar-refractivity contribution in [2.75, 3.05) is 6.61 Å². The number of carbonyl (C=O) groups excluding carboxylic acids is 1. The fourth-order valence-electron chi connectivity index (χ4n) is 3.32. The molecule has 0 aliphatic heterocycles. The summed E-state index contributed by atoms with van der Waals surface area (Å²) in [7, 11) is 0. The molecule has 0 saturated carbocycles. The van der Waals surface area contributed by atoms with Crippen molar-refractivity contribution in [2.24, 2.45) is 5.10 Å². The standard InChI is InChI=1S/C26H23N3O6/c1-2-33-24-15-18(9-11-22(24)34-17-19-10-12-23(35-19)26(31)32)16-27-28-25(30)20-7-3-4-8-21(20)29-13-5-6-14-29/h3-16H,2,17H2,1H3,(H,28,30)(H,31,32). The van der Waals surface area contributed by atoms with Crippen molar-refractivity contribution in [3.8, 4) is 17.2 Å². The van der Waals surface area contributed by atoms with Gasteiger partial charge < -0.3 is 23.6 Å². The van der Waals surface area contributed by atoms with Crippen LogP contribution >= 0.6 is 0 Å². The number of hydrogen-bond donors (Lipinski definition) is 2. The highest BCUT2D eigenvalue weighted by Gasteiger charge is 2.13. The lowest BCUT2D eigenvalue weighted by molar-refractivity contribution is 0.0657. The topological polar surface area (TPSA) is 115 Å². The molecule has 0 spiro atoms. The van der Waals surface area contributed by atoms with E-state index in [1.165, 1.54) is 12.3 Å². The first-order valence-corrected chi connectivity index (χ1v) is 10.8. The zero-order chi connectivity index (χ0) is 24.6. The number of aromatic nitrogens is 1. The van der Waals surface area contributed by atoms with E-state index < -0.39 is 5.97 Å². The van der Waals surface area contributed by atoms with Gasteiger partial charge in [0.05, 0.1) is 24.1 Å². The van der Waals surface area contributed by atoms with Gasteiger partial charge in [0.15, 0.2) is 11.5 Å². The number of carbonyl (C=O) groups is 2. The van der Waals surface area contributed by atoms with Gasteiger partial charge in [-0.05, 0) is 67.1 Å². The lowest BCUT2D eigenvalue weighted by Crippen LogP contribution is -2.19. The molecular formula is C26H23N3O6. The Morgan fingerprint density at radius 1 is 1.03 bits per heavy atom. The van der Waals surface area contributed by atoms with Crippen molar-refractivity contribution in [1.29, 1.82) is 0 Å². The lowest BCUT2D eigenvalue weighted by Gasteiger charge is -2.12. The SMILES string of the molecule is CCOc1cc(C=NNC(=O)c2ccccc2-n2cccc2)ccc1OCc1ccc(C(=O)O)o1. The van der Waals surface area contributed by atoms with Crippen LogP contribution in [0.2, 0.25) is 0 Å². The van der Waals surface area contributed by atoms with Crippen LogP contribution in [0.3, 0.4) is 0 Å². The maximum absolute atomic E-state index is 12.7. The molecule has 2 N–H and O–H groups in total. The molecule has 9 nitrogen and oxygen atoms in total. The second kappa shape index (κ2) is 10.9. The molecule has 178 valence electrons. The van der Waals surface area contributed by atoms with Crippen LogP contribution in [0.5, 0.6) is 11.5 Å². The molecule has 1 amide bonds. The number of hydrazone groups is 1. The highest BCUT2D eigenvalue weighted by molar-refractivity contribution is 5.98. The Labute approximate surface area is 201 Å². The number of amides is 1. The van der Waals surface area contributed by atoms with Crippen LogP contribution in [0, 0.1) is 0 Å². The van der Waals surface area contributed by atoms with E-state index in [1.54, 1.807) is 36.4 Å². The molecule has 0 bridgehead atoms. The summed E-state index contributed by atoms with van der Waals surface area (Å²) >= 11 is 0. The number of aromatic carboxylic acids is 1. The van der Waals surface area contributed by atoms with Gasteiger partial charge in [-0.2, -0.15) is 5.10 Å². The largest absolute Gasteiger partial charge is 0.490 e. The fraction of sp³-hybridized carbons (Fsp3) is 0.115. The lowest BCUT2D eigenvalue weighted by atomic mass is 10.1. The Hall–Kier alpha value is -4.79. The summed E-state index contributed by atoms with van der Waals surface area (Å²) in [4.78, 5) is 23.7. The van der Waals surface area contributed by atoms with Gasteiger partial charge in [-0.1, -0.05) is 12.1 Å². The van der Waals surface area contributed by atoms with Gasteiger partial charge in [-0.25, -0.2) is 10.2 Å². The van der Waals surface area contributed by atoms with E-state index in [0.29, 0.717) is 35.0 Å². The Morgan fingerprint density at radius 2 is 1.83 bits per heavy atom. The Bertz CT molecular complexity index is 1340. The third-order valence-electron chi connectivity index (χ3n) is 4.92. The highest BCUT2D eigenvalue weighted by Crippen LogP contribution is 2.29. The first-order valence-electron chi connectivity index (χ1n) is 10.8. The number of nitrogens with one attached hydrogen (secondary N) is 1. The molecule has 0 aliphatic rings. The first-order chi connectivity index (χ1) is 17.0. The predicted octanol–water partition coefficient (Wildman–Crippen LogP) is 4.51. The minimum absolute atomic E-state index is 0.0393. The Balaban J connectivity index is 1.43. The second-order valence-electron chi connectivity index (χ2n) is 7.31. The molecular weight excluding hydrogens is 450 g/mol. The number of furan rings is 1. The van der Waals surface area contributed by atoms with Crippen LogP contribution in [0.25, 0.3) is 5.69 Å². The molecule has 9 heteroatoms. The normalized spacial score (nSPS) is 10.9. The number of hydrogen-bond acceptors (Lipinski definition) is 6. The maximum atomic E-state index is 12.7. The molecule has 0 radical (unpaired) electrons. The van der Waals surface area contributed by atoms with Crippen LogP contribution in [0.4, 0.5) is 0 Å². The number of nitrogens with zero attached hydrogens (tertiary/aromatic N) is 2. The number of carboxylic acid groups (broad SMARTS) is 1. The summed E-state index contributed by atoms with van der Waals surface area (Å²) in [5, 5.41) is 13.0. The van der Waals surface area contributed by atoms with Crippen LogP contribution in [-0.2, 0) is 6.61 Å². The molecule has 2 heterocycles. The fourth-order valence-corrected chi connectivity index (χ4v) is 3.32. The van der Waals surface area contributed by atoms with Crippen LogP contribution < -0.4 is 14.9 Å². The number of para-hydroxylation sites is 1. The molecule has 0 aliphatic carbocycles. The molecule has 0 fully saturated rings. The molecule has 2 aromatic carbocycles. The first kappa shape index (κ1) is 23.4. The van der Waals surface area contributed by atoms with E-state index in [1.807, 2.05) is 48.1 Å². The molecule has 2 aromatic heterocycles. The minimum atomic E-state index is -1.14. The quantitative estimate of drug-likeness (QED) is 0.259. The van der Waals surface area contributed by atoms with Crippen molar-refractivity contribution in [3.63, 3.8) is 0 Å². The van der Waals surface area contributed by atoms with Crippen molar-refractivity contribution in [3.05, 3.63) is 102 Å². The summed E-state index contributed by atoms with van der Waals surface area (Å²) < 4.78 is 18.5. The number of rotatable bonds is 10. The van der Waals surface area contributed by atoms with Crippen LogP contribution in [0.15, 0.2) is 88.6 Å². The van der Waals surface area contributed by atoms with Crippen molar-refractivity contribution in [1.82, 2.24) is 9.99 Å². The number of benzene rings is 2. The zero-order valence-electron chi connectivity index (χ0n) is 18.9. The van der Waals surface area contributed by atoms with Crippen molar-refractivity contribution in [2.45, 2.75) is 13.5 Å². The van der Waals surface area contributed by atoms with Crippen molar-refractivity contribution < 1.29 is 28.6 Å². The maximum Gasteiger partial charge on any atom is 0.371 e. The monoisotopic (exact) mass is 473 g/mol. The van der Waals surface area contributed by atoms with Crippen LogP contribution in [-0.4, -0.2) is 34.4 Å². The summed E-state index contributed by atoms with van der Waals surface area (Å²) in [5.41, 5.74) is 4.48. The van der Waals surface area contributed by atoms with Crippen molar-refractivity contribution >= 4 is 18.1 Å². The van der Waals surface area contributed by atoms with E-state index in [0.717, 1.165) is 5.69 Å². The Morgan fingerprint density at radius 3 is 2.57 bits per heavy atom. The van der Waals surface area contributed by atoms with Gasteiger partial charge in [-0.3, -0.25) is 4.79 Å². The molecule has 35 heavy (non-hydrogen) atoms. The number of carboxylic acids is 1. The van der Waals surface area contributed by atoms with Gasteiger partial charge in [0.1, 0.15) is 12.4 Å². The molecule has 0 unspecified atom stereocenters. The summed E-state index contributed by atoms with van der Waals surface area (Å²) in [6.07, 6.45) is 5.24. The third kappa shape index (κ3) is 5.77. The second-order valence-corrected chi connectivity index (χ2v) is 7.31. The zero-order valence-corrected chi connectivity index (χ0v) is 18.9. The van der Waals surface area contributed by atoms with Gasteiger partial charge in [0.2, 0.25) is 5.76 Å². The average molecular weight is 473 g/mol. The summed E-state index contributed by atoms with van der Waals surface area (Å²) in [6, 6.07) is 19.1.